The molecule has 0 saturated carbocycles. The van der Waals surface area contributed by atoms with Crippen LogP contribution >= 0.6 is 22.7 Å². The standard InChI is InChI=1S/C18H23N3O3S2/c22-17(15-12-26-18(20-15)14-2-8-25-11-14)19-9-16(13-1-5-24-10-13)21-3-6-23-7-4-21/h2,8,11-13,16H,1,3-7,9-10H2,(H,19,22). The molecule has 2 unspecified atom stereocenters. The Bertz CT molecular complexity index is 707. The van der Waals surface area contributed by atoms with Gasteiger partial charge in [0.2, 0.25) is 0 Å². The van der Waals surface area contributed by atoms with E-state index in [-0.39, 0.29) is 5.91 Å². The Morgan fingerprint density at radius 2 is 2.19 bits per heavy atom. The highest BCUT2D eigenvalue weighted by atomic mass is 32.1. The van der Waals surface area contributed by atoms with Crippen LogP contribution in [0.2, 0.25) is 0 Å². The van der Waals surface area contributed by atoms with Gasteiger partial charge in [0, 0.05) is 54.5 Å². The molecule has 2 aromatic rings. The van der Waals surface area contributed by atoms with Crippen molar-refractivity contribution < 1.29 is 14.3 Å². The number of nitrogens with one attached hydrogen (secondary N) is 1. The highest BCUT2D eigenvalue weighted by Crippen LogP contribution is 2.26. The second kappa shape index (κ2) is 8.58. The van der Waals surface area contributed by atoms with Gasteiger partial charge in [0.25, 0.3) is 5.91 Å². The SMILES string of the molecule is O=C(NCC(C1CCOC1)N1CCOCC1)c1csc(-c2ccsc2)n1. The number of carbonyl (C=O) groups is 1. The first-order valence-corrected chi connectivity index (χ1v) is 10.8. The van der Waals surface area contributed by atoms with Crippen LogP contribution in [0.5, 0.6) is 0 Å². The molecule has 0 spiro atoms. The minimum absolute atomic E-state index is 0.0973. The predicted octanol–water partition coefficient (Wildman–Crippen LogP) is 2.34. The highest BCUT2D eigenvalue weighted by molar-refractivity contribution is 7.14. The van der Waals surface area contributed by atoms with Crippen LogP contribution < -0.4 is 5.32 Å². The van der Waals surface area contributed by atoms with E-state index in [0.29, 0.717) is 24.2 Å². The number of thiophene rings is 1. The van der Waals surface area contributed by atoms with Gasteiger partial charge in [0.15, 0.2) is 0 Å². The van der Waals surface area contributed by atoms with Gasteiger partial charge < -0.3 is 14.8 Å². The second-order valence-corrected chi connectivity index (χ2v) is 8.24. The van der Waals surface area contributed by atoms with Gasteiger partial charge in [-0.3, -0.25) is 9.69 Å². The van der Waals surface area contributed by atoms with Gasteiger partial charge >= 0.3 is 0 Å². The van der Waals surface area contributed by atoms with Crippen LogP contribution in [0, 0.1) is 5.92 Å². The van der Waals surface area contributed by atoms with E-state index in [9.17, 15) is 4.79 Å². The third kappa shape index (κ3) is 4.15. The van der Waals surface area contributed by atoms with E-state index in [1.807, 2.05) is 16.8 Å². The van der Waals surface area contributed by atoms with E-state index >= 15 is 0 Å². The molecule has 4 rings (SSSR count). The number of thiazole rings is 1. The zero-order valence-corrected chi connectivity index (χ0v) is 16.2. The normalized spacial score (nSPS) is 22.4. The fourth-order valence-corrected chi connectivity index (χ4v) is 5.06. The van der Waals surface area contributed by atoms with Crippen molar-refractivity contribution in [2.45, 2.75) is 12.5 Å². The van der Waals surface area contributed by atoms with Gasteiger partial charge in [-0.1, -0.05) is 0 Å². The fraction of sp³-hybridized carbons (Fsp3) is 0.556. The molecule has 2 fully saturated rings. The molecule has 1 N–H and O–H groups in total. The highest BCUT2D eigenvalue weighted by Gasteiger charge is 2.32. The van der Waals surface area contributed by atoms with E-state index in [1.165, 1.54) is 11.3 Å². The zero-order valence-electron chi connectivity index (χ0n) is 14.6. The Hall–Kier alpha value is -1.32. The summed E-state index contributed by atoms with van der Waals surface area (Å²) in [5, 5.41) is 9.91. The number of hydrogen-bond acceptors (Lipinski definition) is 7. The van der Waals surface area contributed by atoms with Crippen molar-refractivity contribution in [3.8, 4) is 10.6 Å². The van der Waals surface area contributed by atoms with Crippen molar-refractivity contribution in [1.82, 2.24) is 15.2 Å². The molecule has 1 amide bonds. The number of carbonyl (C=O) groups excluding carboxylic acids is 1. The molecule has 8 heteroatoms. The predicted molar refractivity (Wildman–Crippen MR) is 103 cm³/mol. The van der Waals surface area contributed by atoms with Crippen molar-refractivity contribution in [1.29, 1.82) is 0 Å². The summed E-state index contributed by atoms with van der Waals surface area (Å²) in [6, 6.07) is 2.32. The third-order valence-corrected chi connectivity index (χ3v) is 6.58. The van der Waals surface area contributed by atoms with Crippen LogP contribution in [0.4, 0.5) is 0 Å². The molecule has 0 aliphatic carbocycles. The number of aromatic nitrogens is 1. The maximum absolute atomic E-state index is 12.6. The molecular weight excluding hydrogens is 370 g/mol. The third-order valence-electron chi connectivity index (χ3n) is 5.00. The Morgan fingerprint density at radius 3 is 2.92 bits per heavy atom. The Kier molecular flexibility index (Phi) is 5.96. The van der Waals surface area contributed by atoms with Gasteiger partial charge in [-0.2, -0.15) is 11.3 Å². The fourth-order valence-electron chi connectivity index (χ4n) is 3.54. The molecule has 0 aromatic carbocycles. The van der Waals surface area contributed by atoms with E-state index in [2.05, 4.69) is 20.6 Å². The van der Waals surface area contributed by atoms with Crippen LogP contribution in [0.25, 0.3) is 10.6 Å². The van der Waals surface area contributed by atoms with E-state index < -0.39 is 0 Å². The molecule has 2 aliphatic heterocycles. The molecule has 2 atom stereocenters. The first-order chi connectivity index (χ1) is 12.8. The lowest BCUT2D eigenvalue weighted by Crippen LogP contribution is -2.52. The van der Waals surface area contributed by atoms with Crippen molar-refractivity contribution in [3.05, 3.63) is 27.9 Å². The summed E-state index contributed by atoms with van der Waals surface area (Å²) in [5.41, 5.74) is 1.58. The first-order valence-electron chi connectivity index (χ1n) is 8.97. The average molecular weight is 394 g/mol. The molecule has 0 radical (unpaired) electrons. The summed E-state index contributed by atoms with van der Waals surface area (Å²) in [5.74, 6) is 0.366. The molecule has 6 nitrogen and oxygen atoms in total. The van der Waals surface area contributed by atoms with E-state index in [4.69, 9.17) is 9.47 Å². The number of ether oxygens (including phenoxy) is 2. The van der Waals surface area contributed by atoms with Gasteiger partial charge in [-0.05, 0) is 17.9 Å². The molecule has 140 valence electrons. The number of morpholine rings is 1. The largest absolute Gasteiger partial charge is 0.381 e. The molecule has 2 aliphatic rings. The van der Waals surface area contributed by atoms with Crippen LogP contribution in [0.3, 0.4) is 0 Å². The molecule has 0 bridgehead atoms. The van der Waals surface area contributed by atoms with Crippen LogP contribution in [-0.2, 0) is 9.47 Å². The lowest BCUT2D eigenvalue weighted by molar-refractivity contribution is 0.00165. The number of nitrogens with zero attached hydrogens (tertiary/aromatic N) is 2. The number of amides is 1. The minimum Gasteiger partial charge on any atom is -0.381 e. The van der Waals surface area contributed by atoms with Crippen LogP contribution in [-0.4, -0.2) is 67.9 Å². The summed E-state index contributed by atoms with van der Waals surface area (Å²) in [4.78, 5) is 19.5. The second-order valence-electron chi connectivity index (χ2n) is 6.60. The topological polar surface area (TPSA) is 63.7 Å². The maximum atomic E-state index is 12.6. The molecule has 26 heavy (non-hydrogen) atoms. The zero-order chi connectivity index (χ0) is 17.8. The Labute approximate surface area is 161 Å². The summed E-state index contributed by atoms with van der Waals surface area (Å²) < 4.78 is 11.1. The summed E-state index contributed by atoms with van der Waals surface area (Å²) in [7, 11) is 0. The maximum Gasteiger partial charge on any atom is 0.270 e. The van der Waals surface area contributed by atoms with Crippen molar-refractivity contribution in [2.75, 3.05) is 46.1 Å². The minimum atomic E-state index is -0.0973. The number of hydrogen-bond donors (Lipinski definition) is 1. The Balaban J connectivity index is 1.39. The van der Waals surface area contributed by atoms with Crippen LogP contribution in [0.1, 0.15) is 16.9 Å². The molecule has 4 heterocycles. The van der Waals surface area contributed by atoms with Crippen molar-refractivity contribution in [3.63, 3.8) is 0 Å². The summed E-state index contributed by atoms with van der Waals surface area (Å²) >= 11 is 3.15. The summed E-state index contributed by atoms with van der Waals surface area (Å²) in [6.07, 6.45) is 1.05. The molecular formula is C18H23N3O3S2. The van der Waals surface area contributed by atoms with Crippen molar-refractivity contribution >= 4 is 28.6 Å². The first kappa shape index (κ1) is 18.1. The molecule has 2 aromatic heterocycles. The quantitative estimate of drug-likeness (QED) is 0.816. The Morgan fingerprint density at radius 1 is 1.31 bits per heavy atom. The van der Waals surface area contributed by atoms with E-state index in [1.54, 1.807) is 11.3 Å². The number of rotatable bonds is 6. The van der Waals surface area contributed by atoms with E-state index in [0.717, 1.165) is 56.5 Å². The smallest absolute Gasteiger partial charge is 0.270 e. The van der Waals surface area contributed by atoms with Crippen molar-refractivity contribution in [2.24, 2.45) is 5.92 Å². The lowest BCUT2D eigenvalue weighted by atomic mass is 9.97. The lowest BCUT2D eigenvalue weighted by Gasteiger charge is -2.37. The van der Waals surface area contributed by atoms with Gasteiger partial charge in [-0.15, -0.1) is 11.3 Å². The molecule has 2 saturated heterocycles. The van der Waals surface area contributed by atoms with Crippen LogP contribution in [0.15, 0.2) is 22.2 Å². The summed E-state index contributed by atoms with van der Waals surface area (Å²) in [6.45, 7) is 5.55. The van der Waals surface area contributed by atoms with Gasteiger partial charge in [0.1, 0.15) is 10.7 Å². The monoisotopic (exact) mass is 393 g/mol. The van der Waals surface area contributed by atoms with Gasteiger partial charge in [-0.25, -0.2) is 4.98 Å². The average Bonchev–Trinajstić information content (AvgIpc) is 3.43. The van der Waals surface area contributed by atoms with Gasteiger partial charge in [0.05, 0.1) is 19.8 Å².